The van der Waals surface area contributed by atoms with Gasteiger partial charge in [0.15, 0.2) is 0 Å². The van der Waals surface area contributed by atoms with Crippen molar-refractivity contribution in [2.24, 2.45) is 0 Å². The predicted octanol–water partition coefficient (Wildman–Crippen LogP) is 4.16. The summed E-state index contributed by atoms with van der Waals surface area (Å²) in [5.41, 5.74) is 0.0792. The average Bonchev–Trinajstić information content (AvgIpc) is 2.69. The Bertz CT molecular complexity index is 398. The zero-order valence-corrected chi connectivity index (χ0v) is 12.2. The number of thiophene rings is 1. The first-order chi connectivity index (χ1) is 8.77. The van der Waals surface area contributed by atoms with Crippen LogP contribution < -0.4 is 5.32 Å². The summed E-state index contributed by atoms with van der Waals surface area (Å²) in [7, 11) is 0. The zero-order chi connectivity index (χ0) is 12.4. The van der Waals surface area contributed by atoms with Crippen LogP contribution in [-0.2, 0) is 4.74 Å². The Labute approximate surface area is 118 Å². The first-order valence-corrected chi connectivity index (χ1v) is 8.11. The van der Waals surface area contributed by atoms with Gasteiger partial charge in [0.25, 0.3) is 0 Å². The predicted molar refractivity (Wildman–Crippen MR) is 76.5 cm³/mol. The first kappa shape index (κ1) is 12.9. The Kier molecular flexibility index (Phi) is 3.94. The molecular formula is C14H20ClNOS. The Hall–Kier alpha value is -0.0900. The maximum Gasteiger partial charge on any atom is 0.105 e. The molecule has 1 aliphatic heterocycles. The van der Waals surface area contributed by atoms with Gasteiger partial charge in [-0.2, -0.15) is 0 Å². The molecule has 2 heterocycles. The number of morpholine rings is 1. The van der Waals surface area contributed by atoms with E-state index in [0.29, 0.717) is 0 Å². The van der Waals surface area contributed by atoms with Crippen molar-refractivity contribution >= 4 is 22.9 Å². The minimum absolute atomic E-state index is 0.0792. The minimum atomic E-state index is 0.0792. The fourth-order valence-corrected chi connectivity index (χ4v) is 4.23. The molecule has 1 saturated carbocycles. The van der Waals surface area contributed by atoms with Crippen molar-refractivity contribution in [1.29, 1.82) is 0 Å². The summed E-state index contributed by atoms with van der Waals surface area (Å²) in [6.07, 6.45) is 7.93. The van der Waals surface area contributed by atoms with Crippen LogP contribution in [0.2, 0.25) is 4.34 Å². The summed E-state index contributed by atoms with van der Waals surface area (Å²) < 4.78 is 7.34. The lowest BCUT2D eigenvalue weighted by molar-refractivity contribution is -0.124. The van der Waals surface area contributed by atoms with Gasteiger partial charge in [-0.05, 0) is 25.0 Å². The van der Waals surface area contributed by atoms with Crippen LogP contribution in [0.4, 0.5) is 0 Å². The van der Waals surface area contributed by atoms with E-state index in [1.54, 1.807) is 11.3 Å². The lowest BCUT2D eigenvalue weighted by Crippen LogP contribution is -2.50. The van der Waals surface area contributed by atoms with Crippen LogP contribution in [0.15, 0.2) is 12.1 Å². The van der Waals surface area contributed by atoms with Gasteiger partial charge in [-0.3, -0.25) is 0 Å². The van der Waals surface area contributed by atoms with Gasteiger partial charge in [0, 0.05) is 18.0 Å². The highest BCUT2D eigenvalue weighted by Crippen LogP contribution is 2.39. The van der Waals surface area contributed by atoms with Gasteiger partial charge in [0.2, 0.25) is 0 Å². The molecule has 2 nitrogen and oxygen atoms in total. The molecule has 1 N–H and O–H groups in total. The van der Waals surface area contributed by atoms with Crippen molar-refractivity contribution in [3.63, 3.8) is 0 Å². The molecule has 1 saturated heterocycles. The molecule has 0 bridgehead atoms. The Morgan fingerprint density at radius 1 is 1.22 bits per heavy atom. The van der Waals surface area contributed by atoms with Crippen molar-refractivity contribution in [3.05, 3.63) is 21.3 Å². The van der Waals surface area contributed by atoms with E-state index in [2.05, 4.69) is 11.4 Å². The van der Waals surface area contributed by atoms with E-state index < -0.39 is 0 Å². The van der Waals surface area contributed by atoms with E-state index in [4.69, 9.17) is 16.3 Å². The topological polar surface area (TPSA) is 21.3 Å². The quantitative estimate of drug-likeness (QED) is 0.837. The molecule has 1 spiro atoms. The molecule has 2 fully saturated rings. The van der Waals surface area contributed by atoms with Crippen LogP contribution >= 0.6 is 22.9 Å². The molecule has 1 atom stereocenters. The van der Waals surface area contributed by atoms with Crippen LogP contribution in [0, 0.1) is 0 Å². The van der Waals surface area contributed by atoms with Gasteiger partial charge in [0.05, 0.1) is 9.94 Å². The number of halogens is 1. The number of hydrogen-bond acceptors (Lipinski definition) is 3. The van der Waals surface area contributed by atoms with Gasteiger partial charge in [0.1, 0.15) is 6.10 Å². The van der Waals surface area contributed by atoms with Gasteiger partial charge >= 0.3 is 0 Å². The zero-order valence-electron chi connectivity index (χ0n) is 10.6. The lowest BCUT2D eigenvalue weighted by atomic mass is 9.92. The molecule has 1 aliphatic carbocycles. The Morgan fingerprint density at radius 3 is 2.67 bits per heavy atom. The Balaban J connectivity index is 1.74. The summed E-state index contributed by atoms with van der Waals surface area (Å²) in [6.45, 7) is 1.93. The smallest absolute Gasteiger partial charge is 0.105 e. The summed E-state index contributed by atoms with van der Waals surface area (Å²) in [5, 5.41) is 3.57. The normalized spacial score (nSPS) is 28.2. The van der Waals surface area contributed by atoms with Crippen molar-refractivity contribution < 1.29 is 4.74 Å². The molecule has 2 aliphatic rings. The largest absolute Gasteiger partial charge is 0.364 e. The monoisotopic (exact) mass is 285 g/mol. The van der Waals surface area contributed by atoms with Crippen molar-refractivity contribution in [3.8, 4) is 0 Å². The molecule has 0 amide bonds. The van der Waals surface area contributed by atoms with E-state index >= 15 is 0 Å². The summed E-state index contributed by atoms with van der Waals surface area (Å²) in [4.78, 5) is 1.26. The molecule has 100 valence electrons. The summed E-state index contributed by atoms with van der Waals surface area (Å²) >= 11 is 7.67. The molecule has 3 rings (SSSR count). The minimum Gasteiger partial charge on any atom is -0.364 e. The molecule has 0 aromatic carbocycles. The van der Waals surface area contributed by atoms with Crippen molar-refractivity contribution in [2.45, 2.75) is 50.2 Å². The van der Waals surface area contributed by atoms with E-state index in [-0.39, 0.29) is 11.7 Å². The van der Waals surface area contributed by atoms with E-state index in [1.165, 1.54) is 43.4 Å². The maximum atomic E-state index is 6.48. The molecule has 4 heteroatoms. The molecular weight excluding hydrogens is 266 g/mol. The highest BCUT2D eigenvalue weighted by atomic mass is 35.5. The van der Waals surface area contributed by atoms with Crippen molar-refractivity contribution in [2.75, 3.05) is 13.1 Å². The maximum absolute atomic E-state index is 6.48. The molecule has 18 heavy (non-hydrogen) atoms. The van der Waals surface area contributed by atoms with Gasteiger partial charge in [-0.15, -0.1) is 11.3 Å². The number of ether oxygens (including phenoxy) is 1. The summed E-state index contributed by atoms with van der Waals surface area (Å²) in [6, 6.07) is 4.08. The third-order valence-corrected chi connectivity index (χ3v) is 5.42. The number of rotatable bonds is 1. The second-order valence-corrected chi connectivity index (χ2v) is 7.22. The number of hydrogen-bond donors (Lipinski definition) is 1. The molecule has 1 unspecified atom stereocenters. The second-order valence-electron chi connectivity index (χ2n) is 5.48. The van der Waals surface area contributed by atoms with Gasteiger partial charge in [-0.1, -0.05) is 37.3 Å². The lowest BCUT2D eigenvalue weighted by Gasteiger charge is -2.41. The SMILES string of the molecule is Clc1ccc(C2CNCC3(CCCCCC3)O2)s1. The summed E-state index contributed by atoms with van der Waals surface area (Å²) in [5.74, 6) is 0. The molecule has 1 aromatic heterocycles. The van der Waals surface area contributed by atoms with E-state index in [0.717, 1.165) is 17.4 Å². The Morgan fingerprint density at radius 2 is 2.00 bits per heavy atom. The van der Waals surface area contributed by atoms with Gasteiger partial charge < -0.3 is 10.1 Å². The van der Waals surface area contributed by atoms with Crippen LogP contribution in [0.1, 0.15) is 49.5 Å². The second kappa shape index (κ2) is 5.49. The van der Waals surface area contributed by atoms with Crippen LogP contribution in [0.25, 0.3) is 0 Å². The highest BCUT2D eigenvalue weighted by Gasteiger charge is 2.38. The highest BCUT2D eigenvalue weighted by molar-refractivity contribution is 7.16. The third kappa shape index (κ3) is 2.74. The van der Waals surface area contributed by atoms with Crippen LogP contribution in [0.3, 0.4) is 0 Å². The fourth-order valence-electron chi connectivity index (χ4n) is 3.14. The van der Waals surface area contributed by atoms with Crippen LogP contribution in [-0.4, -0.2) is 18.7 Å². The van der Waals surface area contributed by atoms with E-state index in [1.807, 2.05) is 6.07 Å². The standard InChI is InChI=1S/C14H20ClNOS/c15-13-6-5-12(18-13)11-9-16-10-14(17-11)7-3-1-2-4-8-14/h5-6,11,16H,1-4,7-10H2. The van der Waals surface area contributed by atoms with E-state index in [9.17, 15) is 0 Å². The van der Waals surface area contributed by atoms with Crippen molar-refractivity contribution in [1.82, 2.24) is 5.32 Å². The molecule has 1 aromatic rings. The number of nitrogens with one attached hydrogen (secondary N) is 1. The van der Waals surface area contributed by atoms with Gasteiger partial charge in [-0.25, -0.2) is 0 Å². The fraction of sp³-hybridized carbons (Fsp3) is 0.714. The third-order valence-electron chi connectivity index (χ3n) is 4.10. The first-order valence-electron chi connectivity index (χ1n) is 6.91. The average molecular weight is 286 g/mol. The van der Waals surface area contributed by atoms with Crippen LogP contribution in [0.5, 0.6) is 0 Å². The molecule has 0 radical (unpaired) electrons.